The number of nitrogens with zero attached hydrogens (tertiary/aromatic N) is 1. The van der Waals surface area contributed by atoms with Crippen LogP contribution >= 0.6 is 0 Å². The average Bonchev–Trinajstić information content (AvgIpc) is 2.68. The van der Waals surface area contributed by atoms with Gasteiger partial charge in [0, 0.05) is 17.4 Å². The van der Waals surface area contributed by atoms with Crippen molar-refractivity contribution in [2.24, 2.45) is 0 Å². The third-order valence-electron chi connectivity index (χ3n) is 2.81. The monoisotopic (exact) mass is 247 g/mol. The fourth-order valence-electron chi connectivity index (χ4n) is 2.05. The summed E-state index contributed by atoms with van der Waals surface area (Å²) in [5.74, 6) is -2.02. The molecule has 0 spiro atoms. The minimum absolute atomic E-state index is 0.160. The molecule has 0 saturated carbocycles. The van der Waals surface area contributed by atoms with Crippen molar-refractivity contribution in [3.63, 3.8) is 0 Å². The molecule has 2 aromatic rings. The first kappa shape index (κ1) is 12.2. The standard InChI is InChI=1S/C13H13NO4/c1-2-5-14-10-4-3-8(12(15)16)6-9(10)7-11(14)13(17)18/h3-4,6-7H,2,5H2,1H3,(H,15,16)(H,17,18). The van der Waals surface area contributed by atoms with Crippen molar-refractivity contribution in [1.29, 1.82) is 0 Å². The quantitative estimate of drug-likeness (QED) is 0.869. The van der Waals surface area contributed by atoms with Crippen LogP contribution in [0.15, 0.2) is 24.3 Å². The third kappa shape index (κ3) is 1.95. The van der Waals surface area contributed by atoms with Gasteiger partial charge in [-0.1, -0.05) is 6.92 Å². The Bertz CT molecular complexity index is 627. The zero-order chi connectivity index (χ0) is 13.3. The number of aromatic nitrogens is 1. The summed E-state index contributed by atoms with van der Waals surface area (Å²) >= 11 is 0. The molecule has 0 aliphatic rings. The van der Waals surface area contributed by atoms with Gasteiger partial charge in [0.2, 0.25) is 0 Å². The van der Waals surface area contributed by atoms with Crippen LogP contribution in [0.3, 0.4) is 0 Å². The van der Waals surface area contributed by atoms with Crippen LogP contribution < -0.4 is 0 Å². The van der Waals surface area contributed by atoms with Gasteiger partial charge in [0.25, 0.3) is 0 Å². The molecule has 5 heteroatoms. The van der Waals surface area contributed by atoms with E-state index in [4.69, 9.17) is 10.2 Å². The van der Waals surface area contributed by atoms with Crippen LogP contribution in [0.25, 0.3) is 10.9 Å². The molecule has 0 aliphatic heterocycles. The maximum absolute atomic E-state index is 11.1. The predicted molar refractivity (Wildman–Crippen MR) is 66.1 cm³/mol. The summed E-state index contributed by atoms with van der Waals surface area (Å²) in [5, 5.41) is 18.7. The van der Waals surface area contributed by atoms with E-state index in [-0.39, 0.29) is 11.3 Å². The van der Waals surface area contributed by atoms with E-state index >= 15 is 0 Å². The minimum atomic E-state index is -1.02. The van der Waals surface area contributed by atoms with E-state index in [0.717, 1.165) is 11.9 Å². The lowest BCUT2D eigenvalue weighted by molar-refractivity contribution is 0.0679. The first-order valence-electron chi connectivity index (χ1n) is 5.64. The number of benzene rings is 1. The summed E-state index contributed by atoms with van der Waals surface area (Å²) in [6.07, 6.45) is 0.810. The second kappa shape index (κ2) is 4.52. The van der Waals surface area contributed by atoms with Gasteiger partial charge >= 0.3 is 11.9 Å². The number of carboxylic acids is 2. The van der Waals surface area contributed by atoms with E-state index in [2.05, 4.69) is 0 Å². The van der Waals surface area contributed by atoms with Crippen LogP contribution in [-0.4, -0.2) is 26.7 Å². The van der Waals surface area contributed by atoms with E-state index in [0.29, 0.717) is 11.9 Å². The van der Waals surface area contributed by atoms with Crippen LogP contribution in [-0.2, 0) is 6.54 Å². The highest BCUT2D eigenvalue weighted by Gasteiger charge is 2.15. The van der Waals surface area contributed by atoms with Crippen molar-refractivity contribution in [3.8, 4) is 0 Å². The molecule has 1 aromatic carbocycles. The number of hydrogen-bond donors (Lipinski definition) is 2. The summed E-state index contributed by atoms with van der Waals surface area (Å²) in [5.41, 5.74) is 1.10. The molecule has 5 nitrogen and oxygen atoms in total. The highest BCUT2D eigenvalue weighted by Crippen LogP contribution is 2.22. The maximum atomic E-state index is 11.1. The van der Waals surface area contributed by atoms with Gasteiger partial charge in [-0.3, -0.25) is 0 Å². The van der Waals surface area contributed by atoms with Crippen LogP contribution in [0.4, 0.5) is 0 Å². The van der Waals surface area contributed by atoms with Gasteiger partial charge in [0.15, 0.2) is 0 Å². The molecule has 2 rings (SSSR count). The van der Waals surface area contributed by atoms with E-state index in [1.165, 1.54) is 18.2 Å². The second-order valence-electron chi connectivity index (χ2n) is 4.07. The number of carboxylic acid groups (broad SMARTS) is 2. The van der Waals surface area contributed by atoms with E-state index in [9.17, 15) is 9.59 Å². The maximum Gasteiger partial charge on any atom is 0.352 e. The van der Waals surface area contributed by atoms with E-state index in [1.807, 2.05) is 6.92 Å². The van der Waals surface area contributed by atoms with Crippen LogP contribution in [0, 0.1) is 0 Å². The summed E-state index contributed by atoms with van der Waals surface area (Å²) in [7, 11) is 0. The van der Waals surface area contributed by atoms with Gasteiger partial charge in [-0.15, -0.1) is 0 Å². The van der Waals surface area contributed by atoms with Crippen LogP contribution in [0.5, 0.6) is 0 Å². The highest BCUT2D eigenvalue weighted by molar-refractivity contribution is 5.98. The lowest BCUT2D eigenvalue weighted by Gasteiger charge is -2.06. The summed E-state index contributed by atoms with van der Waals surface area (Å²) in [6.45, 7) is 2.56. The van der Waals surface area contributed by atoms with Gasteiger partial charge in [-0.25, -0.2) is 9.59 Å². The first-order valence-corrected chi connectivity index (χ1v) is 5.64. The Morgan fingerprint density at radius 2 is 1.89 bits per heavy atom. The molecule has 1 heterocycles. The van der Waals surface area contributed by atoms with Crippen molar-refractivity contribution in [2.45, 2.75) is 19.9 Å². The molecule has 18 heavy (non-hydrogen) atoms. The Morgan fingerprint density at radius 3 is 2.44 bits per heavy atom. The topological polar surface area (TPSA) is 79.5 Å². The van der Waals surface area contributed by atoms with Gasteiger partial charge < -0.3 is 14.8 Å². The molecule has 2 N–H and O–H groups in total. The number of carbonyl (C=O) groups is 2. The van der Waals surface area contributed by atoms with Crippen LogP contribution in [0.2, 0.25) is 0 Å². The van der Waals surface area contributed by atoms with E-state index in [1.54, 1.807) is 10.6 Å². The fraction of sp³-hybridized carbons (Fsp3) is 0.231. The smallest absolute Gasteiger partial charge is 0.352 e. The number of fused-ring (bicyclic) bond motifs is 1. The normalized spacial score (nSPS) is 10.7. The molecule has 0 fully saturated rings. The zero-order valence-corrected chi connectivity index (χ0v) is 9.88. The van der Waals surface area contributed by atoms with Gasteiger partial charge in [0.05, 0.1) is 5.56 Å². The summed E-state index contributed by atoms with van der Waals surface area (Å²) < 4.78 is 1.70. The zero-order valence-electron chi connectivity index (χ0n) is 9.88. The Kier molecular flexibility index (Phi) is 3.06. The number of hydrogen-bond acceptors (Lipinski definition) is 2. The molecule has 0 bridgehead atoms. The van der Waals surface area contributed by atoms with Crippen molar-refractivity contribution < 1.29 is 19.8 Å². The molecular formula is C13H13NO4. The fourth-order valence-corrected chi connectivity index (χ4v) is 2.05. The average molecular weight is 247 g/mol. The Hall–Kier alpha value is -2.30. The number of aromatic carboxylic acids is 2. The second-order valence-corrected chi connectivity index (χ2v) is 4.07. The Labute approximate surface area is 103 Å². The lowest BCUT2D eigenvalue weighted by Crippen LogP contribution is -2.07. The van der Waals surface area contributed by atoms with Gasteiger partial charge in [-0.2, -0.15) is 0 Å². The van der Waals surface area contributed by atoms with Crippen molar-refractivity contribution >= 4 is 22.8 Å². The Morgan fingerprint density at radius 1 is 1.17 bits per heavy atom. The SMILES string of the molecule is CCCn1c(C(=O)O)cc2cc(C(=O)O)ccc21. The number of rotatable bonds is 4. The summed E-state index contributed by atoms with van der Waals surface area (Å²) in [4.78, 5) is 22.0. The molecule has 94 valence electrons. The van der Waals surface area contributed by atoms with Crippen molar-refractivity contribution in [2.75, 3.05) is 0 Å². The molecule has 0 atom stereocenters. The van der Waals surface area contributed by atoms with Crippen molar-refractivity contribution in [1.82, 2.24) is 4.57 Å². The molecule has 0 amide bonds. The highest BCUT2D eigenvalue weighted by atomic mass is 16.4. The molecule has 0 radical (unpaired) electrons. The largest absolute Gasteiger partial charge is 0.478 e. The summed E-state index contributed by atoms with van der Waals surface area (Å²) in [6, 6.07) is 6.15. The van der Waals surface area contributed by atoms with E-state index < -0.39 is 11.9 Å². The molecule has 0 aliphatic carbocycles. The van der Waals surface area contributed by atoms with Gasteiger partial charge in [-0.05, 0) is 30.7 Å². The van der Waals surface area contributed by atoms with Gasteiger partial charge in [0.1, 0.15) is 5.69 Å². The first-order chi connectivity index (χ1) is 8.54. The molecule has 0 saturated heterocycles. The molecule has 1 aromatic heterocycles. The third-order valence-corrected chi connectivity index (χ3v) is 2.81. The lowest BCUT2D eigenvalue weighted by atomic mass is 10.1. The molecular weight excluding hydrogens is 234 g/mol. The minimum Gasteiger partial charge on any atom is -0.478 e. The van der Waals surface area contributed by atoms with Crippen LogP contribution in [0.1, 0.15) is 34.2 Å². The predicted octanol–water partition coefficient (Wildman–Crippen LogP) is 2.45. The Balaban J connectivity index is 2.67. The molecule has 0 unspecified atom stereocenters. The number of aryl methyl sites for hydroxylation is 1. The van der Waals surface area contributed by atoms with Crippen molar-refractivity contribution in [3.05, 3.63) is 35.5 Å².